The molecule has 0 radical (unpaired) electrons. The van der Waals surface area contributed by atoms with E-state index in [0.29, 0.717) is 12.2 Å². The van der Waals surface area contributed by atoms with Crippen LogP contribution in [0.25, 0.3) is 0 Å². The van der Waals surface area contributed by atoms with Crippen molar-refractivity contribution in [3.05, 3.63) is 35.4 Å². The molecule has 5 nitrogen and oxygen atoms in total. The van der Waals surface area contributed by atoms with Gasteiger partial charge in [-0.05, 0) is 12.5 Å². The second kappa shape index (κ2) is 6.65. The number of ether oxygens (including phenoxy) is 1. The summed E-state index contributed by atoms with van der Waals surface area (Å²) in [5.74, 6) is -1.53. The maximum absolute atomic E-state index is 11.3. The Morgan fingerprint density at radius 2 is 2.06 bits per heavy atom. The van der Waals surface area contributed by atoms with E-state index in [1.807, 2.05) is 0 Å². The first-order valence-electron chi connectivity index (χ1n) is 5.28. The quantitative estimate of drug-likeness (QED) is 0.735. The Morgan fingerprint density at radius 3 is 2.71 bits per heavy atom. The summed E-state index contributed by atoms with van der Waals surface area (Å²) in [4.78, 5) is 22.0. The molecule has 0 aliphatic carbocycles. The van der Waals surface area contributed by atoms with Crippen LogP contribution in [0.3, 0.4) is 0 Å². The molecule has 0 fully saturated rings. The minimum atomic E-state index is -1.25. The third kappa shape index (κ3) is 4.24. The van der Waals surface area contributed by atoms with Crippen LogP contribution in [0, 0.1) is 0 Å². The second-order valence-electron chi connectivity index (χ2n) is 3.36. The van der Waals surface area contributed by atoms with E-state index in [4.69, 9.17) is 4.74 Å². The maximum atomic E-state index is 11.3. The molecule has 0 bridgehead atoms. The van der Waals surface area contributed by atoms with Crippen LogP contribution in [0.4, 0.5) is 0 Å². The molecule has 92 valence electrons. The number of carboxylic acid groups (broad SMARTS) is 1. The van der Waals surface area contributed by atoms with E-state index in [-0.39, 0.29) is 24.6 Å². The van der Waals surface area contributed by atoms with Gasteiger partial charge in [0.05, 0.1) is 5.97 Å². The van der Waals surface area contributed by atoms with E-state index in [0.717, 1.165) is 0 Å². The fourth-order valence-electron chi connectivity index (χ4n) is 1.31. The summed E-state index contributed by atoms with van der Waals surface area (Å²) in [5.41, 5.74) is 0.599. The minimum absolute atomic E-state index is 0.0238. The molecule has 0 heterocycles. The van der Waals surface area contributed by atoms with Crippen molar-refractivity contribution >= 4 is 11.9 Å². The van der Waals surface area contributed by atoms with Crippen LogP contribution >= 0.6 is 0 Å². The zero-order chi connectivity index (χ0) is 12.7. The van der Waals surface area contributed by atoms with Gasteiger partial charge in [0.2, 0.25) is 5.91 Å². The summed E-state index contributed by atoms with van der Waals surface area (Å²) in [6.45, 7) is 2.38. The third-order valence-corrected chi connectivity index (χ3v) is 2.15. The summed E-state index contributed by atoms with van der Waals surface area (Å²) in [7, 11) is 0. The van der Waals surface area contributed by atoms with Crippen LogP contribution in [0.2, 0.25) is 0 Å². The zero-order valence-electron chi connectivity index (χ0n) is 9.56. The summed E-state index contributed by atoms with van der Waals surface area (Å²) in [6, 6.07) is 6.39. The van der Waals surface area contributed by atoms with Crippen molar-refractivity contribution in [2.24, 2.45) is 0 Å². The van der Waals surface area contributed by atoms with Gasteiger partial charge in [0.1, 0.15) is 6.61 Å². The molecular formula is C12H14NO4-. The lowest BCUT2D eigenvalue weighted by Crippen LogP contribution is -2.29. The Hall–Kier alpha value is -1.88. The Balaban J connectivity index is 2.57. The van der Waals surface area contributed by atoms with Gasteiger partial charge in [0.15, 0.2) is 0 Å². The Kier molecular flexibility index (Phi) is 5.16. The number of carbonyl (C=O) groups is 2. The highest BCUT2D eigenvalue weighted by molar-refractivity contribution is 5.87. The Morgan fingerprint density at radius 1 is 1.35 bits per heavy atom. The topological polar surface area (TPSA) is 78.5 Å². The molecule has 1 amide bonds. The van der Waals surface area contributed by atoms with Gasteiger partial charge in [-0.2, -0.15) is 0 Å². The minimum Gasteiger partial charge on any atom is -0.545 e. The molecule has 0 saturated heterocycles. The van der Waals surface area contributed by atoms with Crippen molar-refractivity contribution in [3.8, 4) is 0 Å². The van der Waals surface area contributed by atoms with Gasteiger partial charge in [-0.3, -0.25) is 4.79 Å². The predicted octanol–water partition coefficient (Wildman–Crippen LogP) is -0.297. The van der Waals surface area contributed by atoms with E-state index in [9.17, 15) is 14.7 Å². The highest BCUT2D eigenvalue weighted by Gasteiger charge is 2.05. The highest BCUT2D eigenvalue weighted by atomic mass is 16.5. The number of amides is 1. The average Bonchev–Trinajstić information content (AvgIpc) is 2.34. The predicted molar refractivity (Wildman–Crippen MR) is 59.1 cm³/mol. The lowest BCUT2D eigenvalue weighted by Gasteiger charge is -2.11. The fourth-order valence-corrected chi connectivity index (χ4v) is 1.31. The number of carbonyl (C=O) groups excluding carboxylic acids is 2. The lowest BCUT2D eigenvalue weighted by atomic mass is 10.1. The largest absolute Gasteiger partial charge is 0.545 e. The molecule has 0 spiro atoms. The maximum Gasteiger partial charge on any atom is 0.246 e. The Labute approximate surface area is 99.4 Å². The molecule has 1 aromatic carbocycles. The van der Waals surface area contributed by atoms with Crippen molar-refractivity contribution in [2.75, 3.05) is 13.2 Å². The van der Waals surface area contributed by atoms with E-state index in [1.54, 1.807) is 25.1 Å². The number of hydrogen-bond donors (Lipinski definition) is 1. The second-order valence-corrected chi connectivity index (χ2v) is 3.36. The number of rotatable bonds is 6. The van der Waals surface area contributed by atoms with Gasteiger partial charge in [-0.15, -0.1) is 0 Å². The Bertz CT molecular complexity index is 403. The molecule has 0 atom stereocenters. The van der Waals surface area contributed by atoms with E-state index in [2.05, 4.69) is 5.32 Å². The first-order valence-corrected chi connectivity index (χ1v) is 5.28. The van der Waals surface area contributed by atoms with Gasteiger partial charge in [0.25, 0.3) is 0 Å². The van der Waals surface area contributed by atoms with Crippen molar-refractivity contribution in [1.82, 2.24) is 5.32 Å². The standard InChI is InChI=1S/C12H15NO4/c1-2-17-8-11(14)13-7-9-5-3-4-6-10(9)12(15)16/h3-6H,2,7-8H2,1H3,(H,13,14)(H,15,16)/p-1. The molecule has 0 unspecified atom stereocenters. The van der Waals surface area contributed by atoms with Crippen molar-refractivity contribution in [1.29, 1.82) is 0 Å². The lowest BCUT2D eigenvalue weighted by molar-refractivity contribution is -0.255. The van der Waals surface area contributed by atoms with Gasteiger partial charge >= 0.3 is 0 Å². The molecule has 5 heteroatoms. The van der Waals surface area contributed by atoms with Crippen LogP contribution in [0.15, 0.2) is 24.3 Å². The number of nitrogens with one attached hydrogen (secondary N) is 1. The van der Waals surface area contributed by atoms with Crippen LogP contribution in [-0.2, 0) is 16.1 Å². The summed E-state index contributed by atoms with van der Waals surface area (Å²) in [6.07, 6.45) is 0. The SMILES string of the molecule is CCOCC(=O)NCc1ccccc1C(=O)[O-]. The van der Waals surface area contributed by atoms with Crippen molar-refractivity contribution < 1.29 is 19.4 Å². The van der Waals surface area contributed by atoms with E-state index < -0.39 is 5.97 Å². The summed E-state index contributed by atoms with van der Waals surface area (Å²) in [5, 5.41) is 13.4. The first kappa shape index (κ1) is 13.2. The molecule has 1 aromatic rings. The van der Waals surface area contributed by atoms with Gasteiger partial charge in [0, 0.05) is 18.7 Å². The summed E-state index contributed by atoms with van der Waals surface area (Å²) >= 11 is 0. The smallest absolute Gasteiger partial charge is 0.246 e. The van der Waals surface area contributed by atoms with Crippen LogP contribution < -0.4 is 10.4 Å². The number of carboxylic acids is 1. The normalized spacial score (nSPS) is 9.94. The molecule has 1 N–H and O–H groups in total. The number of aromatic carboxylic acids is 1. The molecule has 0 aliphatic rings. The number of hydrogen-bond acceptors (Lipinski definition) is 4. The highest BCUT2D eigenvalue weighted by Crippen LogP contribution is 2.07. The first-order chi connectivity index (χ1) is 8.15. The monoisotopic (exact) mass is 236 g/mol. The average molecular weight is 236 g/mol. The van der Waals surface area contributed by atoms with Gasteiger partial charge < -0.3 is 20.0 Å². The van der Waals surface area contributed by atoms with E-state index in [1.165, 1.54) is 6.07 Å². The molecule has 0 aromatic heterocycles. The van der Waals surface area contributed by atoms with E-state index >= 15 is 0 Å². The third-order valence-electron chi connectivity index (χ3n) is 2.15. The van der Waals surface area contributed by atoms with Crippen LogP contribution in [-0.4, -0.2) is 25.1 Å². The molecular weight excluding hydrogens is 222 g/mol. The zero-order valence-corrected chi connectivity index (χ0v) is 9.56. The fraction of sp³-hybridized carbons (Fsp3) is 0.333. The van der Waals surface area contributed by atoms with Crippen LogP contribution in [0.1, 0.15) is 22.8 Å². The van der Waals surface area contributed by atoms with Gasteiger partial charge in [-0.25, -0.2) is 0 Å². The van der Waals surface area contributed by atoms with Gasteiger partial charge in [-0.1, -0.05) is 24.3 Å². The molecule has 0 saturated carbocycles. The molecule has 1 rings (SSSR count). The molecule has 0 aliphatic heterocycles. The van der Waals surface area contributed by atoms with Crippen molar-refractivity contribution in [3.63, 3.8) is 0 Å². The summed E-state index contributed by atoms with van der Waals surface area (Å²) < 4.78 is 4.92. The molecule has 17 heavy (non-hydrogen) atoms. The van der Waals surface area contributed by atoms with Crippen LogP contribution in [0.5, 0.6) is 0 Å². The van der Waals surface area contributed by atoms with Crippen molar-refractivity contribution in [2.45, 2.75) is 13.5 Å². The number of benzene rings is 1.